The molecule has 65 heavy (non-hydrogen) atoms. The van der Waals surface area contributed by atoms with Gasteiger partial charge in [0.1, 0.15) is 30.2 Å². The Balaban J connectivity index is 1.91. The predicted molar refractivity (Wildman–Crippen MR) is 248 cm³/mol. The summed E-state index contributed by atoms with van der Waals surface area (Å²) in [4.78, 5) is 95.2. The topological polar surface area (TPSA) is 419 Å². The first-order chi connectivity index (χ1) is 31.0. The largest absolute Gasteiger partial charge is 0.480 e. The van der Waals surface area contributed by atoms with Gasteiger partial charge >= 0.3 is 5.97 Å². The molecular weight excluding hydrogens is 841 g/mol. The molecule has 6 atom stereocenters. The highest BCUT2D eigenvalue weighted by Gasteiger charge is 2.39. The third kappa shape index (κ3) is 18.5. The van der Waals surface area contributed by atoms with Gasteiger partial charge in [-0.3, -0.25) is 38.9 Å². The molecule has 0 spiro atoms. The molecule has 0 saturated carbocycles. The summed E-state index contributed by atoms with van der Waals surface area (Å²) < 4.78 is 0. The lowest BCUT2D eigenvalue weighted by Gasteiger charge is -2.31. The van der Waals surface area contributed by atoms with Gasteiger partial charge in [0.15, 0.2) is 17.9 Å². The van der Waals surface area contributed by atoms with E-state index in [4.69, 9.17) is 45.9 Å². The highest BCUT2D eigenvalue weighted by Crippen LogP contribution is 2.22. The molecule has 1 saturated heterocycles. The number of carbonyl (C=O) groups excluding carboxylic acids is 5. The maximum Gasteiger partial charge on any atom is 0.326 e. The summed E-state index contributed by atoms with van der Waals surface area (Å²) in [5, 5.41) is 22.6. The average molecular weight is 909 g/mol. The van der Waals surface area contributed by atoms with Crippen molar-refractivity contribution in [3.8, 4) is 0 Å². The Morgan fingerprint density at radius 3 is 1.78 bits per heavy atom. The van der Waals surface area contributed by atoms with Crippen molar-refractivity contribution in [3.05, 3.63) is 48.0 Å². The van der Waals surface area contributed by atoms with E-state index in [2.05, 4.69) is 36.2 Å². The first-order valence-corrected chi connectivity index (χ1v) is 21.8. The Morgan fingerprint density at radius 1 is 0.646 bits per heavy atom. The molecule has 1 aliphatic rings. The quantitative estimate of drug-likeness (QED) is 0.0230. The molecule has 2 aromatic carbocycles. The van der Waals surface area contributed by atoms with Crippen LogP contribution in [0.4, 0.5) is 0 Å². The van der Waals surface area contributed by atoms with E-state index in [9.17, 15) is 33.9 Å². The van der Waals surface area contributed by atoms with Gasteiger partial charge in [-0.05, 0) is 93.5 Å². The number of aliphatic imine (C=N–C) groups is 3. The van der Waals surface area contributed by atoms with Gasteiger partial charge in [-0.1, -0.05) is 42.5 Å². The monoisotopic (exact) mass is 909 g/mol. The summed E-state index contributed by atoms with van der Waals surface area (Å²) in [6.45, 7) is 1.05. The number of guanidine groups is 3. The first kappa shape index (κ1) is 52.6. The maximum atomic E-state index is 14.5. The summed E-state index contributed by atoms with van der Waals surface area (Å²) in [6.07, 6.45) is 3.05. The van der Waals surface area contributed by atoms with Gasteiger partial charge in [0.05, 0.1) is 6.04 Å². The zero-order chi connectivity index (χ0) is 47.9. The van der Waals surface area contributed by atoms with E-state index in [1.165, 1.54) is 4.90 Å². The van der Waals surface area contributed by atoms with E-state index in [1.807, 2.05) is 42.5 Å². The molecule has 1 aliphatic heterocycles. The zero-order valence-electron chi connectivity index (χ0n) is 36.8. The highest BCUT2D eigenvalue weighted by molar-refractivity contribution is 5.97. The van der Waals surface area contributed by atoms with Crippen LogP contribution in [-0.4, -0.2) is 132 Å². The first-order valence-electron chi connectivity index (χ1n) is 21.8. The van der Waals surface area contributed by atoms with Gasteiger partial charge in [0.2, 0.25) is 29.5 Å². The molecule has 0 radical (unpaired) electrons. The van der Waals surface area contributed by atoms with E-state index in [-0.39, 0.29) is 95.4 Å². The minimum atomic E-state index is -1.27. The molecule has 0 aliphatic carbocycles. The molecule has 358 valence electrons. The zero-order valence-corrected chi connectivity index (χ0v) is 36.8. The molecule has 0 aromatic heterocycles. The van der Waals surface area contributed by atoms with E-state index in [0.717, 1.165) is 10.8 Å². The van der Waals surface area contributed by atoms with Crippen LogP contribution in [0.2, 0.25) is 0 Å². The van der Waals surface area contributed by atoms with Crippen molar-refractivity contribution < 1.29 is 33.9 Å². The van der Waals surface area contributed by atoms with E-state index < -0.39 is 71.8 Å². The number of carbonyl (C=O) groups is 6. The van der Waals surface area contributed by atoms with Crippen LogP contribution in [0, 0.1) is 0 Å². The third-order valence-corrected chi connectivity index (χ3v) is 10.7. The second-order valence-corrected chi connectivity index (χ2v) is 15.9. The number of nitrogens with zero attached hydrogens (tertiary/aromatic N) is 4. The highest BCUT2D eigenvalue weighted by atomic mass is 16.4. The number of carboxylic acids is 1. The van der Waals surface area contributed by atoms with Crippen LogP contribution < -0.4 is 67.1 Å². The lowest BCUT2D eigenvalue weighted by Crippen LogP contribution is -2.59. The van der Waals surface area contributed by atoms with Crippen molar-refractivity contribution in [2.24, 2.45) is 60.8 Å². The number of rotatable bonds is 28. The molecule has 0 unspecified atom stereocenters. The second kappa shape index (κ2) is 27.4. The molecule has 21 N–H and O–H groups in total. The number of hydrogen-bond donors (Lipinski definition) is 13. The van der Waals surface area contributed by atoms with Crippen molar-refractivity contribution in [3.63, 3.8) is 0 Å². The van der Waals surface area contributed by atoms with E-state index in [1.54, 1.807) is 0 Å². The van der Waals surface area contributed by atoms with E-state index in [0.29, 0.717) is 37.8 Å². The molecule has 5 amide bonds. The normalized spacial score (nSPS) is 15.6. The van der Waals surface area contributed by atoms with Gasteiger partial charge in [0.25, 0.3) is 0 Å². The third-order valence-electron chi connectivity index (χ3n) is 10.7. The summed E-state index contributed by atoms with van der Waals surface area (Å²) in [6, 6.07) is 6.33. The van der Waals surface area contributed by atoms with Gasteiger partial charge < -0.3 is 77.1 Å². The van der Waals surface area contributed by atoms with Crippen LogP contribution in [0.3, 0.4) is 0 Å². The molecule has 2 aromatic rings. The number of benzene rings is 2. The molecular formula is C42H68N16O7. The summed E-state index contributed by atoms with van der Waals surface area (Å²) in [7, 11) is 0. The minimum Gasteiger partial charge on any atom is -0.480 e. The number of nitrogens with one attached hydrogen (secondary N) is 4. The van der Waals surface area contributed by atoms with Crippen LogP contribution in [0.25, 0.3) is 10.8 Å². The Kier molecular flexibility index (Phi) is 22.2. The van der Waals surface area contributed by atoms with Crippen LogP contribution in [0.15, 0.2) is 57.4 Å². The van der Waals surface area contributed by atoms with Crippen molar-refractivity contribution in [2.75, 3.05) is 32.7 Å². The minimum absolute atomic E-state index is 0.0143. The fourth-order valence-electron chi connectivity index (χ4n) is 7.34. The van der Waals surface area contributed by atoms with Crippen LogP contribution in [-0.2, 0) is 35.2 Å². The molecule has 0 bridgehead atoms. The number of aliphatic carboxylic acids is 1. The number of amides is 5. The molecule has 1 fully saturated rings. The number of unbranched alkanes of at least 4 members (excludes halogenated alkanes) is 1. The Labute approximate surface area is 378 Å². The Bertz CT molecular complexity index is 2000. The fourth-order valence-corrected chi connectivity index (χ4v) is 7.34. The van der Waals surface area contributed by atoms with Crippen LogP contribution in [0.1, 0.15) is 76.2 Å². The van der Waals surface area contributed by atoms with E-state index >= 15 is 0 Å². The van der Waals surface area contributed by atoms with Crippen molar-refractivity contribution in [2.45, 2.75) is 113 Å². The number of hydrogen-bond acceptors (Lipinski definition) is 11. The van der Waals surface area contributed by atoms with Gasteiger partial charge in [-0.2, -0.15) is 0 Å². The summed E-state index contributed by atoms with van der Waals surface area (Å²) >= 11 is 0. The number of nitrogens with two attached hydrogens (primary N) is 8. The smallest absolute Gasteiger partial charge is 0.326 e. The number of carboxylic acid groups (broad SMARTS) is 1. The standard InChI is InChI=1S/C42H68N16O7/c43-18-4-3-12-30(38(63)58-22-8-15-33(58)37(62)56-31(39(64)65)14-7-21-53-42(49)50)55-36(61)32(24-25-16-17-26-9-1-2-10-27(26)23-25)57-35(60)29(13-6-20-52-41(47)48)54-34(59)28(44)11-5-19-51-40(45)46/h1-2,9-10,16-17,23,28-33H,3-8,11-15,18-22,24,43-44H2,(H,54,59)(H,55,61)(H,56,62)(H,57,60)(H,64,65)(H4,45,46,51)(H4,47,48,52)(H4,49,50,53)/t28-,29-,30+,31-,32-,33-/m0/s1. The Hall–Kier alpha value is -6.75. The summed E-state index contributed by atoms with van der Waals surface area (Å²) in [5.41, 5.74) is 45.2. The Morgan fingerprint density at radius 2 is 1.18 bits per heavy atom. The summed E-state index contributed by atoms with van der Waals surface area (Å²) in [5.74, 6) is -4.89. The SMILES string of the molecule is NCCCC[C@@H](NC(=O)[C@H](Cc1ccc2ccccc2c1)NC(=O)[C@H](CCCN=C(N)N)NC(=O)[C@@H](N)CCCN=C(N)N)C(=O)N1CCC[C@H]1C(=O)N[C@@H](CCCN=C(N)N)C(=O)O. The van der Waals surface area contributed by atoms with Gasteiger partial charge in [-0.15, -0.1) is 0 Å². The number of fused-ring (bicyclic) bond motifs is 1. The molecule has 23 heteroatoms. The number of likely N-dealkylation sites (tertiary alicyclic amines) is 1. The molecule has 1 heterocycles. The second-order valence-electron chi connectivity index (χ2n) is 15.9. The molecule has 3 rings (SSSR count). The maximum absolute atomic E-state index is 14.5. The average Bonchev–Trinajstić information content (AvgIpc) is 3.76. The lowest BCUT2D eigenvalue weighted by atomic mass is 9.99. The fraction of sp³-hybridized carbons (Fsp3) is 0.548. The predicted octanol–water partition coefficient (Wildman–Crippen LogP) is -2.99. The lowest BCUT2D eigenvalue weighted by molar-refractivity contribution is -0.145. The van der Waals surface area contributed by atoms with Gasteiger partial charge in [0, 0.05) is 32.6 Å². The van der Waals surface area contributed by atoms with Crippen molar-refractivity contribution >= 4 is 64.2 Å². The molecule has 23 nitrogen and oxygen atoms in total. The van der Waals surface area contributed by atoms with Crippen molar-refractivity contribution in [1.29, 1.82) is 0 Å². The van der Waals surface area contributed by atoms with Crippen LogP contribution >= 0.6 is 0 Å². The van der Waals surface area contributed by atoms with Crippen molar-refractivity contribution in [1.82, 2.24) is 26.2 Å². The van der Waals surface area contributed by atoms with Gasteiger partial charge in [-0.25, -0.2) is 4.79 Å². The van der Waals surface area contributed by atoms with Crippen LogP contribution in [0.5, 0.6) is 0 Å².